The Hall–Kier alpha value is -4.93. The Morgan fingerprint density at radius 3 is 1.44 bits per heavy atom. The van der Waals surface area contributed by atoms with Crippen LogP contribution in [0.3, 0.4) is 0 Å². The summed E-state index contributed by atoms with van der Waals surface area (Å²) in [6, 6.07) is 10.7. The molecule has 18 nitrogen and oxygen atoms in total. The summed E-state index contributed by atoms with van der Waals surface area (Å²) < 4.78 is 54.5. The van der Waals surface area contributed by atoms with E-state index in [0.717, 1.165) is 40.1 Å². The normalized spacial score (nSPS) is 16.5. The molecule has 6 rings (SSSR count). The topological polar surface area (TPSA) is 218 Å². The number of piperazine rings is 2. The predicted molar refractivity (Wildman–Crippen MR) is 272 cm³/mol. The summed E-state index contributed by atoms with van der Waals surface area (Å²) in [5.74, 6) is 1.43. The number of rotatable bonds is 13. The van der Waals surface area contributed by atoms with E-state index >= 15 is 0 Å². The molecule has 380 valence electrons. The van der Waals surface area contributed by atoms with Gasteiger partial charge >= 0.3 is 35.5 Å². The Labute approximate surface area is 443 Å². The van der Waals surface area contributed by atoms with Crippen molar-refractivity contribution in [3.63, 3.8) is 0 Å². The van der Waals surface area contributed by atoms with E-state index < -0.39 is 36.7 Å². The second-order valence-corrected chi connectivity index (χ2v) is 23.6. The van der Waals surface area contributed by atoms with Crippen LogP contribution in [0.2, 0.25) is 0 Å². The van der Waals surface area contributed by atoms with Crippen LogP contribution in [-0.4, -0.2) is 117 Å². The van der Waals surface area contributed by atoms with Crippen LogP contribution in [0.5, 0.6) is 0 Å². The summed E-state index contributed by atoms with van der Waals surface area (Å²) in [6.07, 6.45) is 5.86. The van der Waals surface area contributed by atoms with Gasteiger partial charge in [-0.15, -0.1) is 0 Å². The number of esters is 1. The maximum absolute atomic E-state index is 12.5. The summed E-state index contributed by atoms with van der Waals surface area (Å²) in [4.78, 5) is 46.5. The molecule has 2 aromatic carbocycles. The quantitative estimate of drug-likeness (QED) is 0.115. The smallest absolute Gasteiger partial charge is 0.870 e. The van der Waals surface area contributed by atoms with Crippen molar-refractivity contribution in [1.29, 1.82) is 0 Å². The minimum Gasteiger partial charge on any atom is -0.870 e. The van der Waals surface area contributed by atoms with E-state index in [1.807, 2.05) is 53.7 Å². The van der Waals surface area contributed by atoms with Crippen LogP contribution >= 0.6 is 0 Å². The standard InChI is InChI=1S/C26H35N5O4S.C24H33N5O3S.Na.H2O/c1-17(2)23-15-30(21-10-9-20(16-35-19(4)32)24(13-21)36(8,33)34)11-12-31(23)25-28-14-22(18(3)29-25)26(5,6)27-7;1-16(2)21-14-28(19-9-8-18(15-30)22(12-19)33(7,31)32)10-11-29(21)23-26-13-20(17(3)27-23)24(4,5)25-6;;/h9-10,13-14,17,23H,11-12,15-16H2,1-6,8H3;8-9,12-13,16,21,30H,10-11,14-15H2,1-5,7H3;;1H2/q;;+1;/p-1/t23-;21-;;/m00../s1. The maximum Gasteiger partial charge on any atom is 1.00 e. The molecular weight excluding hydrogens is 956 g/mol. The van der Waals surface area contributed by atoms with E-state index in [1.54, 1.807) is 36.7 Å². The average molecular weight is 1030 g/mol. The van der Waals surface area contributed by atoms with Gasteiger partial charge in [0.25, 0.3) is 11.1 Å². The van der Waals surface area contributed by atoms with Crippen LogP contribution in [0, 0.1) is 38.8 Å². The van der Waals surface area contributed by atoms with Crippen LogP contribution in [0.4, 0.5) is 23.3 Å². The molecule has 0 unspecified atom stereocenters. The largest absolute Gasteiger partial charge is 1.00 e. The Balaban J connectivity index is 0.000000366. The third-order valence-corrected chi connectivity index (χ3v) is 15.3. The molecule has 2 aliphatic rings. The molecule has 0 spiro atoms. The summed E-state index contributed by atoms with van der Waals surface area (Å²) in [5.41, 5.74) is 4.40. The third kappa shape index (κ3) is 14.4. The van der Waals surface area contributed by atoms with Gasteiger partial charge in [-0.1, -0.05) is 39.8 Å². The molecule has 0 saturated carbocycles. The predicted octanol–water partition coefficient (Wildman–Crippen LogP) is 3.77. The minimum atomic E-state index is -3.52. The first kappa shape index (κ1) is 60.4. The Morgan fingerprint density at radius 1 is 0.732 bits per heavy atom. The molecule has 2 N–H and O–H groups in total. The fourth-order valence-electron chi connectivity index (χ4n) is 8.83. The van der Waals surface area contributed by atoms with E-state index in [9.17, 15) is 26.7 Å². The van der Waals surface area contributed by atoms with Crippen molar-refractivity contribution in [2.75, 3.05) is 71.4 Å². The number of aliphatic hydroxyl groups excluding tert-OH is 1. The van der Waals surface area contributed by atoms with Gasteiger partial charge in [0.15, 0.2) is 19.7 Å². The van der Waals surface area contributed by atoms with Crippen molar-refractivity contribution in [2.24, 2.45) is 11.8 Å². The average Bonchev–Trinajstić information content (AvgIpc) is 3.29. The molecule has 4 aromatic rings. The molecule has 2 atom stereocenters. The number of benzene rings is 2. The van der Waals surface area contributed by atoms with Gasteiger partial charge in [0.2, 0.25) is 11.9 Å². The molecule has 2 aliphatic heterocycles. The fraction of sp³-hybridized carbons (Fsp3) is 0.540. The summed E-state index contributed by atoms with van der Waals surface area (Å²) in [5, 5.41) is 9.55. The van der Waals surface area contributed by atoms with E-state index in [4.69, 9.17) is 27.8 Å². The number of aliphatic hydroxyl groups is 1. The number of carbonyl (C=O) groups is 1. The van der Waals surface area contributed by atoms with E-state index in [2.05, 4.69) is 67.0 Å². The maximum atomic E-state index is 12.5. The van der Waals surface area contributed by atoms with Gasteiger partial charge in [0.1, 0.15) is 6.61 Å². The number of nitrogens with zero attached hydrogens (tertiary/aromatic N) is 10. The van der Waals surface area contributed by atoms with Gasteiger partial charge in [-0.05, 0) is 55.5 Å². The molecule has 0 amide bonds. The zero-order valence-corrected chi connectivity index (χ0v) is 47.4. The first-order chi connectivity index (χ1) is 32.1. The van der Waals surface area contributed by atoms with Gasteiger partial charge in [-0.25, -0.2) is 49.9 Å². The minimum absolute atomic E-state index is 0. The number of sulfone groups is 2. The second kappa shape index (κ2) is 24.2. The zero-order chi connectivity index (χ0) is 51.4. The van der Waals surface area contributed by atoms with E-state index in [0.29, 0.717) is 68.2 Å². The Morgan fingerprint density at radius 2 is 1.11 bits per heavy atom. The fourth-order valence-corrected chi connectivity index (χ4v) is 10.7. The number of anilines is 4. The summed E-state index contributed by atoms with van der Waals surface area (Å²) in [6.45, 7) is 39.8. The van der Waals surface area contributed by atoms with Crippen LogP contribution in [0.15, 0.2) is 58.6 Å². The number of carbonyl (C=O) groups excluding carboxylic acids is 1. The number of hydrogen-bond acceptors (Lipinski definition) is 16. The molecule has 0 bridgehead atoms. The van der Waals surface area contributed by atoms with Crippen LogP contribution < -0.4 is 49.2 Å². The number of aryl methyl sites for hydroxylation is 2. The Kier molecular flexibility index (Phi) is 20.6. The summed E-state index contributed by atoms with van der Waals surface area (Å²) >= 11 is 0. The molecule has 0 aliphatic carbocycles. The van der Waals surface area contributed by atoms with Crippen LogP contribution in [0.1, 0.15) is 96.0 Å². The third-order valence-electron chi connectivity index (χ3n) is 12.9. The van der Waals surface area contributed by atoms with Crippen LogP contribution in [0.25, 0.3) is 9.69 Å². The van der Waals surface area contributed by atoms with Crippen molar-refractivity contribution >= 4 is 48.9 Å². The van der Waals surface area contributed by atoms with Gasteiger partial charge in [0.05, 0.1) is 51.0 Å². The molecule has 0 radical (unpaired) electrons. The molecule has 4 heterocycles. The number of hydrogen-bond donors (Lipinski definition) is 1. The first-order valence-electron chi connectivity index (χ1n) is 23.0. The first-order valence-corrected chi connectivity index (χ1v) is 26.8. The van der Waals surface area contributed by atoms with E-state index in [-0.39, 0.29) is 76.0 Å². The van der Waals surface area contributed by atoms with Gasteiger partial charge in [-0.2, -0.15) is 0 Å². The monoisotopic (exact) mass is 1020 g/mol. The summed E-state index contributed by atoms with van der Waals surface area (Å²) in [7, 11) is -6.97. The Bertz CT molecular complexity index is 2850. The molecule has 2 aromatic heterocycles. The van der Waals surface area contributed by atoms with Crippen molar-refractivity contribution in [3.8, 4) is 0 Å². The van der Waals surface area contributed by atoms with Crippen molar-refractivity contribution in [1.82, 2.24) is 19.9 Å². The van der Waals surface area contributed by atoms with Gasteiger partial charge < -0.3 is 44.6 Å². The molecule has 2 fully saturated rings. The SMILES string of the molecule is [C-]#[N+]C(C)(C)c1cnc(N2CCN(c3ccc(CO)c(S(C)(=O)=O)c3)C[C@H]2C(C)C)nc1C.[C-]#[N+]C(C)(C)c1cnc(N2CCN(c3ccc(COC(C)=O)c(S(C)(=O)=O)c3)C[C@H]2C(C)C)nc1C.[Na+].[OH-]. The van der Waals surface area contributed by atoms with Crippen molar-refractivity contribution < 1.29 is 66.5 Å². The molecular formula is C50H69N10NaO8S2. The van der Waals surface area contributed by atoms with Crippen molar-refractivity contribution in [3.05, 3.63) is 105 Å². The number of ether oxygens (including phenoxy) is 1. The second-order valence-electron chi connectivity index (χ2n) is 19.6. The number of aromatic nitrogens is 4. The molecule has 71 heavy (non-hydrogen) atoms. The van der Waals surface area contributed by atoms with Crippen molar-refractivity contribution in [2.45, 2.75) is 122 Å². The van der Waals surface area contributed by atoms with Gasteiger partial charge in [-0.3, -0.25) is 4.79 Å². The molecule has 2 saturated heterocycles. The molecule has 21 heteroatoms. The van der Waals surface area contributed by atoms with E-state index in [1.165, 1.54) is 13.2 Å². The van der Waals surface area contributed by atoms with Gasteiger partial charge in [0, 0.05) is 116 Å². The van der Waals surface area contributed by atoms with Crippen LogP contribution in [-0.2, 0) is 53.5 Å². The zero-order valence-electron chi connectivity index (χ0n) is 43.7.